The molecule has 0 saturated heterocycles. The summed E-state index contributed by atoms with van der Waals surface area (Å²) in [6.45, 7) is 1.21. The molecular formula is C23H20N6O10S2. The molecule has 0 aliphatic carbocycles. The van der Waals surface area contributed by atoms with Crippen LogP contribution in [0.25, 0.3) is 11.8 Å². The van der Waals surface area contributed by atoms with Crippen molar-refractivity contribution in [2.75, 3.05) is 17.4 Å². The number of hydrogen-bond acceptors (Lipinski definition) is 13. The summed E-state index contributed by atoms with van der Waals surface area (Å²) >= 11 is 0.720. The zero-order valence-electron chi connectivity index (χ0n) is 21.0. The van der Waals surface area contributed by atoms with E-state index in [0.29, 0.717) is 10.6 Å². The highest BCUT2D eigenvalue weighted by Gasteiger charge is 2.33. The van der Waals surface area contributed by atoms with E-state index in [4.69, 9.17) is 9.99 Å². The SMILES string of the molecule is CO/C=N/C1=NN(c2ccc(SOOO)cc2)C(=O)/C1=C\c1c(NC(C)=O)nn(-c2ccc(S(=O)(=O)O)cc2)c1O. The highest BCUT2D eigenvalue weighted by Crippen LogP contribution is 2.34. The van der Waals surface area contributed by atoms with Gasteiger partial charge < -0.3 is 15.2 Å². The summed E-state index contributed by atoms with van der Waals surface area (Å²) in [4.78, 5) is 29.6. The van der Waals surface area contributed by atoms with Crippen LogP contribution in [0.3, 0.4) is 0 Å². The summed E-state index contributed by atoms with van der Waals surface area (Å²) in [6, 6.07) is 10.9. The first kappa shape index (κ1) is 29.4. The van der Waals surface area contributed by atoms with E-state index in [0.717, 1.165) is 40.3 Å². The number of hydrogen-bond donors (Lipinski definition) is 4. The van der Waals surface area contributed by atoms with Crippen molar-refractivity contribution in [2.24, 2.45) is 10.1 Å². The van der Waals surface area contributed by atoms with Crippen molar-refractivity contribution in [2.45, 2.75) is 16.7 Å². The summed E-state index contributed by atoms with van der Waals surface area (Å²) in [7, 11) is -3.12. The largest absolute Gasteiger partial charge is 0.493 e. The topological polar surface area (TPSA) is 214 Å². The quantitative estimate of drug-likeness (QED) is 0.0527. The number of rotatable bonds is 9. The maximum Gasteiger partial charge on any atom is 0.294 e. The summed E-state index contributed by atoms with van der Waals surface area (Å²) in [5, 5.41) is 34.9. The lowest BCUT2D eigenvalue weighted by Gasteiger charge is -2.11. The lowest BCUT2D eigenvalue weighted by molar-refractivity contribution is -0.432. The van der Waals surface area contributed by atoms with Crippen LogP contribution < -0.4 is 10.3 Å². The van der Waals surface area contributed by atoms with Gasteiger partial charge in [0, 0.05) is 11.8 Å². The van der Waals surface area contributed by atoms with Crippen molar-refractivity contribution in [3.63, 3.8) is 0 Å². The summed E-state index contributed by atoms with van der Waals surface area (Å²) in [5.74, 6) is -1.92. The van der Waals surface area contributed by atoms with Gasteiger partial charge in [-0.05, 0) is 54.6 Å². The second-order valence-electron chi connectivity index (χ2n) is 7.94. The number of amides is 2. The molecule has 18 heteroatoms. The molecule has 2 aromatic carbocycles. The first-order chi connectivity index (χ1) is 19.5. The van der Waals surface area contributed by atoms with Crippen molar-refractivity contribution >= 4 is 63.8 Å². The van der Waals surface area contributed by atoms with Gasteiger partial charge in [-0.25, -0.2) is 5.26 Å². The second kappa shape index (κ2) is 12.3. The van der Waals surface area contributed by atoms with Gasteiger partial charge in [0.1, 0.15) is 0 Å². The van der Waals surface area contributed by atoms with E-state index in [9.17, 15) is 27.7 Å². The number of amidine groups is 1. The Kier molecular flexibility index (Phi) is 8.81. The monoisotopic (exact) mass is 604 g/mol. The van der Waals surface area contributed by atoms with Gasteiger partial charge in [-0.15, -0.1) is 14.5 Å². The molecular weight excluding hydrogens is 584 g/mol. The number of nitrogens with one attached hydrogen (secondary N) is 1. The Morgan fingerprint density at radius 3 is 2.37 bits per heavy atom. The maximum atomic E-state index is 13.5. The highest BCUT2D eigenvalue weighted by molar-refractivity contribution is 7.94. The molecule has 2 heterocycles. The third-order valence-corrected chi connectivity index (χ3v) is 6.70. The molecule has 4 rings (SSSR count). The van der Waals surface area contributed by atoms with Crippen molar-refractivity contribution in [3.8, 4) is 11.6 Å². The normalized spacial score (nSPS) is 14.6. The minimum absolute atomic E-state index is 0.0857. The number of aliphatic imine (C=N–C) groups is 1. The molecule has 0 bridgehead atoms. The molecule has 1 aliphatic heterocycles. The third-order valence-electron chi connectivity index (χ3n) is 5.24. The van der Waals surface area contributed by atoms with Crippen molar-refractivity contribution in [1.82, 2.24) is 9.78 Å². The number of anilines is 2. The van der Waals surface area contributed by atoms with E-state index in [1.807, 2.05) is 0 Å². The van der Waals surface area contributed by atoms with E-state index >= 15 is 0 Å². The first-order valence-corrected chi connectivity index (χ1v) is 13.3. The average Bonchev–Trinajstić information content (AvgIpc) is 3.41. The number of hydrazone groups is 1. The van der Waals surface area contributed by atoms with Crippen LogP contribution in [0.1, 0.15) is 12.5 Å². The number of nitrogens with zero attached hydrogens (tertiary/aromatic N) is 5. The maximum absolute atomic E-state index is 13.5. The zero-order valence-corrected chi connectivity index (χ0v) is 22.7. The molecule has 214 valence electrons. The van der Waals surface area contributed by atoms with Gasteiger partial charge in [0.25, 0.3) is 16.0 Å². The van der Waals surface area contributed by atoms with Crippen LogP contribution in [0.4, 0.5) is 11.5 Å². The van der Waals surface area contributed by atoms with Crippen molar-refractivity contribution < 1.29 is 47.0 Å². The number of carbonyl (C=O) groups is 2. The Bertz CT molecular complexity index is 1670. The Labute approximate surface area is 236 Å². The molecule has 0 spiro atoms. The van der Waals surface area contributed by atoms with Gasteiger partial charge in [0.05, 0.1) is 46.6 Å². The smallest absolute Gasteiger partial charge is 0.294 e. The van der Waals surface area contributed by atoms with Gasteiger partial charge in [-0.1, -0.05) is 5.04 Å². The minimum Gasteiger partial charge on any atom is -0.493 e. The van der Waals surface area contributed by atoms with E-state index in [-0.39, 0.29) is 33.4 Å². The fourth-order valence-corrected chi connectivity index (χ4v) is 4.33. The zero-order chi connectivity index (χ0) is 29.7. The van der Waals surface area contributed by atoms with Gasteiger partial charge in [0.2, 0.25) is 11.8 Å². The molecule has 3 aromatic rings. The molecule has 1 aromatic heterocycles. The molecule has 16 nitrogen and oxygen atoms in total. The molecule has 41 heavy (non-hydrogen) atoms. The third kappa shape index (κ3) is 6.60. The number of ether oxygens (including phenoxy) is 1. The van der Waals surface area contributed by atoms with Crippen LogP contribution in [0.5, 0.6) is 5.88 Å². The van der Waals surface area contributed by atoms with Crippen LogP contribution in [-0.2, 0) is 33.8 Å². The fraction of sp³-hybridized carbons (Fsp3) is 0.0870. The number of carbonyl (C=O) groups excluding carboxylic acids is 2. The number of benzene rings is 2. The Morgan fingerprint density at radius 2 is 1.78 bits per heavy atom. The van der Waals surface area contributed by atoms with E-state index in [1.165, 1.54) is 32.2 Å². The fourth-order valence-electron chi connectivity index (χ4n) is 3.50. The highest BCUT2D eigenvalue weighted by atomic mass is 32.2. The molecule has 1 aliphatic rings. The molecule has 0 fully saturated rings. The standard InChI is InChI=1S/C23H20N6O10S2/c1-13(30)25-21-19(23(32)29(27-21)15-5-9-17(10-6-15)41(34,35)36)11-18-20(24-12-37-2)26-28(22(18)31)14-3-7-16(8-4-14)40-39-38-33/h3-12,32-33H,1-2H3,(H,25,27,30)(H,34,35,36)/b18-11-,24-12+. The van der Waals surface area contributed by atoms with Crippen LogP contribution in [0, 0.1) is 0 Å². The Morgan fingerprint density at radius 1 is 1.12 bits per heavy atom. The van der Waals surface area contributed by atoms with Crippen LogP contribution in [-0.4, -0.2) is 64.3 Å². The average molecular weight is 605 g/mol. The molecule has 2 amide bonds. The van der Waals surface area contributed by atoms with Gasteiger partial charge >= 0.3 is 0 Å². The van der Waals surface area contributed by atoms with Crippen LogP contribution in [0.2, 0.25) is 0 Å². The number of methoxy groups -OCH3 is 1. The van der Waals surface area contributed by atoms with Crippen LogP contribution in [0.15, 0.2) is 74.0 Å². The molecule has 0 atom stereocenters. The van der Waals surface area contributed by atoms with Crippen molar-refractivity contribution in [3.05, 3.63) is 59.7 Å². The molecule has 0 saturated carbocycles. The van der Waals surface area contributed by atoms with Gasteiger partial charge in [0.15, 0.2) is 18.1 Å². The van der Waals surface area contributed by atoms with Crippen molar-refractivity contribution in [1.29, 1.82) is 0 Å². The minimum atomic E-state index is -4.46. The predicted molar refractivity (Wildman–Crippen MR) is 145 cm³/mol. The summed E-state index contributed by atoms with van der Waals surface area (Å²) in [5.41, 5.74) is 0.318. The summed E-state index contributed by atoms with van der Waals surface area (Å²) < 4.78 is 42.2. The van der Waals surface area contributed by atoms with E-state index < -0.39 is 27.8 Å². The number of aromatic hydroxyl groups is 1. The molecule has 4 N–H and O–H groups in total. The lowest BCUT2D eigenvalue weighted by atomic mass is 10.1. The van der Waals surface area contributed by atoms with Gasteiger partial charge in [-0.2, -0.15) is 23.1 Å². The van der Waals surface area contributed by atoms with E-state index in [1.54, 1.807) is 24.3 Å². The first-order valence-electron chi connectivity index (χ1n) is 11.2. The predicted octanol–water partition coefficient (Wildman–Crippen LogP) is 2.63. The molecule has 0 unspecified atom stereocenters. The number of aromatic nitrogens is 2. The Hall–Kier alpha value is -4.59. The lowest BCUT2D eigenvalue weighted by Crippen LogP contribution is -2.21. The Balaban J connectivity index is 1.77. The van der Waals surface area contributed by atoms with Crippen LogP contribution >= 0.6 is 12.0 Å². The van der Waals surface area contributed by atoms with E-state index in [2.05, 4.69) is 29.9 Å². The van der Waals surface area contributed by atoms with Gasteiger partial charge in [-0.3, -0.25) is 14.1 Å². The summed E-state index contributed by atoms with van der Waals surface area (Å²) in [6.07, 6.45) is 2.27. The second-order valence-corrected chi connectivity index (χ2v) is 10.1. The molecule has 0 radical (unpaired) electrons.